The van der Waals surface area contributed by atoms with Crippen LogP contribution in [-0.4, -0.2) is 47.4 Å². The Morgan fingerprint density at radius 2 is 1.92 bits per heavy atom. The number of hydrogen-bond donors (Lipinski definition) is 2. The van der Waals surface area contributed by atoms with Gasteiger partial charge in [0.1, 0.15) is 6.04 Å². The van der Waals surface area contributed by atoms with E-state index < -0.39 is 12.0 Å². The van der Waals surface area contributed by atoms with Gasteiger partial charge in [-0.3, -0.25) is 9.59 Å². The highest BCUT2D eigenvalue weighted by Gasteiger charge is 2.37. The van der Waals surface area contributed by atoms with E-state index >= 15 is 0 Å². The molecule has 0 bridgehead atoms. The fourth-order valence-electron chi connectivity index (χ4n) is 3.25. The molecule has 1 aromatic rings. The van der Waals surface area contributed by atoms with Gasteiger partial charge in [-0.25, -0.2) is 4.79 Å². The number of carbonyl (C=O) groups excluding carboxylic acids is 2. The average Bonchev–Trinajstić information content (AvgIpc) is 2.60. The largest absolute Gasteiger partial charge is 0.480 e. The van der Waals surface area contributed by atoms with Crippen LogP contribution in [0, 0.1) is 12.8 Å². The lowest BCUT2D eigenvalue weighted by atomic mass is 9.91. The second-order valence-corrected chi connectivity index (χ2v) is 6.38. The highest BCUT2D eigenvalue weighted by Crippen LogP contribution is 2.24. The van der Waals surface area contributed by atoms with Crippen molar-refractivity contribution in [1.29, 1.82) is 0 Å². The van der Waals surface area contributed by atoms with Gasteiger partial charge in [-0.1, -0.05) is 24.3 Å². The Bertz CT molecular complexity index is 711. The van der Waals surface area contributed by atoms with Crippen LogP contribution in [0.2, 0.25) is 0 Å². The molecule has 6 nitrogen and oxygen atoms in total. The topological polar surface area (TPSA) is 86.7 Å². The van der Waals surface area contributed by atoms with Crippen molar-refractivity contribution in [3.8, 4) is 0 Å². The van der Waals surface area contributed by atoms with Crippen molar-refractivity contribution in [1.82, 2.24) is 10.2 Å². The van der Waals surface area contributed by atoms with Crippen molar-refractivity contribution in [3.63, 3.8) is 0 Å². The summed E-state index contributed by atoms with van der Waals surface area (Å²) in [5.74, 6) is -1.95. The van der Waals surface area contributed by atoms with Crippen LogP contribution in [0.3, 0.4) is 0 Å². The number of amides is 2. The van der Waals surface area contributed by atoms with E-state index in [-0.39, 0.29) is 30.7 Å². The number of benzene rings is 1. The Hall–Kier alpha value is -2.63. The Kier molecular flexibility index (Phi) is 5.96. The van der Waals surface area contributed by atoms with Crippen LogP contribution >= 0.6 is 0 Å². The van der Waals surface area contributed by atoms with E-state index in [2.05, 4.69) is 5.32 Å². The minimum absolute atomic E-state index is 0.118. The highest BCUT2D eigenvalue weighted by atomic mass is 16.4. The molecule has 1 aliphatic heterocycles. The first-order valence-corrected chi connectivity index (χ1v) is 8.34. The second kappa shape index (κ2) is 7.96. The summed E-state index contributed by atoms with van der Waals surface area (Å²) in [7, 11) is 1.54. The molecule has 2 N–H and O–H groups in total. The minimum Gasteiger partial charge on any atom is -0.480 e. The molecular formula is C19H24N2O4. The summed E-state index contributed by atoms with van der Waals surface area (Å²) in [6.07, 6.45) is 2.20. The first-order chi connectivity index (χ1) is 11.8. The highest BCUT2D eigenvalue weighted by molar-refractivity contribution is 5.97. The Labute approximate surface area is 147 Å². The summed E-state index contributed by atoms with van der Waals surface area (Å²) >= 11 is 0. The van der Waals surface area contributed by atoms with Gasteiger partial charge >= 0.3 is 5.97 Å². The van der Waals surface area contributed by atoms with Gasteiger partial charge in [0.15, 0.2) is 0 Å². The summed E-state index contributed by atoms with van der Waals surface area (Å²) in [6.45, 7) is 3.91. The zero-order valence-corrected chi connectivity index (χ0v) is 14.8. The maximum Gasteiger partial charge on any atom is 0.326 e. The Balaban J connectivity index is 2.26. The molecule has 2 atom stereocenters. The predicted molar refractivity (Wildman–Crippen MR) is 94.8 cm³/mol. The molecule has 1 heterocycles. The molecule has 2 rings (SSSR count). The summed E-state index contributed by atoms with van der Waals surface area (Å²) in [6, 6.07) is 6.81. The van der Waals surface area contributed by atoms with Crippen LogP contribution in [0.5, 0.6) is 0 Å². The van der Waals surface area contributed by atoms with Gasteiger partial charge in [0.05, 0.1) is 5.92 Å². The molecule has 0 spiro atoms. The van der Waals surface area contributed by atoms with E-state index in [0.29, 0.717) is 6.42 Å². The Morgan fingerprint density at radius 3 is 2.52 bits per heavy atom. The molecule has 1 fully saturated rings. The number of allylic oxidation sites excluding steroid dienone is 1. The number of nitrogens with zero attached hydrogens (tertiary/aromatic N) is 1. The van der Waals surface area contributed by atoms with E-state index in [0.717, 1.165) is 16.7 Å². The van der Waals surface area contributed by atoms with Crippen LogP contribution in [0.15, 0.2) is 30.3 Å². The molecular weight excluding hydrogens is 320 g/mol. The van der Waals surface area contributed by atoms with Gasteiger partial charge in [0.25, 0.3) is 0 Å². The second-order valence-electron chi connectivity index (χ2n) is 6.38. The number of nitrogens with one attached hydrogen (secondary N) is 1. The molecule has 25 heavy (non-hydrogen) atoms. The van der Waals surface area contributed by atoms with Gasteiger partial charge in [-0.15, -0.1) is 0 Å². The lowest BCUT2D eigenvalue weighted by Gasteiger charge is -2.36. The van der Waals surface area contributed by atoms with Crippen LogP contribution in [0.25, 0.3) is 5.57 Å². The van der Waals surface area contributed by atoms with Gasteiger partial charge in [-0.05, 0) is 43.4 Å². The molecule has 0 aliphatic carbocycles. The predicted octanol–water partition coefficient (Wildman–Crippen LogP) is 1.84. The van der Waals surface area contributed by atoms with Gasteiger partial charge in [0.2, 0.25) is 11.8 Å². The number of rotatable bonds is 4. The summed E-state index contributed by atoms with van der Waals surface area (Å²) in [5.41, 5.74) is 2.76. The third-order valence-electron chi connectivity index (χ3n) is 4.68. The normalized spacial score (nSPS) is 20.9. The smallest absolute Gasteiger partial charge is 0.326 e. The van der Waals surface area contributed by atoms with Crippen molar-refractivity contribution < 1.29 is 19.5 Å². The third-order valence-corrected chi connectivity index (χ3v) is 4.68. The van der Waals surface area contributed by atoms with E-state index in [1.807, 2.05) is 38.1 Å². The zero-order valence-electron chi connectivity index (χ0n) is 14.8. The number of hydrogen-bond acceptors (Lipinski definition) is 3. The average molecular weight is 344 g/mol. The number of carboxylic acid groups (broad SMARTS) is 1. The number of aliphatic carboxylic acids is 1. The van der Waals surface area contributed by atoms with Crippen molar-refractivity contribution in [2.75, 3.05) is 13.6 Å². The summed E-state index contributed by atoms with van der Waals surface area (Å²) < 4.78 is 0. The first kappa shape index (κ1) is 18.7. The molecule has 6 heteroatoms. The van der Waals surface area contributed by atoms with Crippen LogP contribution in [-0.2, 0) is 14.4 Å². The molecule has 134 valence electrons. The Morgan fingerprint density at radius 1 is 1.24 bits per heavy atom. The third kappa shape index (κ3) is 4.26. The lowest BCUT2D eigenvalue weighted by molar-refractivity contribution is -0.152. The minimum atomic E-state index is -1.04. The molecule has 0 radical (unpaired) electrons. The molecule has 1 saturated heterocycles. The molecule has 2 amide bonds. The van der Waals surface area contributed by atoms with E-state index in [4.69, 9.17) is 0 Å². The van der Waals surface area contributed by atoms with Crippen molar-refractivity contribution >= 4 is 23.4 Å². The molecule has 1 aromatic carbocycles. The van der Waals surface area contributed by atoms with Crippen LogP contribution in [0.1, 0.15) is 30.9 Å². The molecule has 0 aromatic heterocycles. The lowest BCUT2D eigenvalue weighted by Crippen LogP contribution is -2.52. The molecule has 0 saturated carbocycles. The van der Waals surface area contributed by atoms with Gasteiger partial charge in [-0.2, -0.15) is 0 Å². The maximum absolute atomic E-state index is 12.7. The number of likely N-dealkylation sites (tertiary alicyclic amines) is 1. The SMILES string of the molecule is CNC(=O)[C@H]1CC[C@@H](C(=O)O)N(C(=O)/C=C(\C)c2ccccc2C)C1. The van der Waals surface area contributed by atoms with Crippen molar-refractivity contribution in [3.05, 3.63) is 41.5 Å². The van der Waals surface area contributed by atoms with E-state index in [1.165, 1.54) is 11.0 Å². The van der Waals surface area contributed by atoms with E-state index in [1.54, 1.807) is 7.05 Å². The quantitative estimate of drug-likeness (QED) is 0.816. The summed E-state index contributed by atoms with van der Waals surface area (Å²) in [4.78, 5) is 37.4. The van der Waals surface area contributed by atoms with Gasteiger partial charge < -0.3 is 15.3 Å². The molecule has 1 aliphatic rings. The number of carboxylic acids is 1. The fourth-order valence-corrected chi connectivity index (χ4v) is 3.25. The maximum atomic E-state index is 12.7. The number of piperidine rings is 1. The van der Waals surface area contributed by atoms with Crippen LogP contribution < -0.4 is 5.32 Å². The first-order valence-electron chi connectivity index (χ1n) is 8.34. The number of carbonyl (C=O) groups is 3. The van der Waals surface area contributed by atoms with Gasteiger partial charge in [0, 0.05) is 19.7 Å². The van der Waals surface area contributed by atoms with Crippen molar-refractivity contribution in [2.24, 2.45) is 5.92 Å². The number of aryl methyl sites for hydroxylation is 1. The van der Waals surface area contributed by atoms with Crippen LogP contribution in [0.4, 0.5) is 0 Å². The summed E-state index contributed by atoms with van der Waals surface area (Å²) in [5, 5.41) is 12.0. The monoisotopic (exact) mass is 344 g/mol. The zero-order chi connectivity index (χ0) is 18.6. The fraction of sp³-hybridized carbons (Fsp3) is 0.421. The standard InChI is InChI=1S/C19H24N2O4/c1-12-6-4-5-7-15(12)13(2)10-17(22)21-11-14(18(23)20-3)8-9-16(21)19(24)25/h4-7,10,14,16H,8-9,11H2,1-3H3,(H,20,23)(H,24,25)/b13-10+/t14-,16-/m0/s1. The van der Waals surface area contributed by atoms with Crippen molar-refractivity contribution in [2.45, 2.75) is 32.7 Å². The molecule has 0 unspecified atom stereocenters. The van der Waals surface area contributed by atoms with E-state index in [9.17, 15) is 19.5 Å².